The van der Waals surface area contributed by atoms with Crippen molar-refractivity contribution in [3.63, 3.8) is 0 Å². The molecule has 0 atom stereocenters. The zero-order valence-electron chi connectivity index (χ0n) is 6.26. The predicted molar refractivity (Wildman–Crippen MR) is 41.3 cm³/mol. The Morgan fingerprint density at radius 1 is 1.55 bits per heavy atom. The van der Waals surface area contributed by atoms with Gasteiger partial charge in [0.1, 0.15) is 0 Å². The van der Waals surface area contributed by atoms with Crippen LogP contribution in [0.25, 0.3) is 0 Å². The summed E-state index contributed by atoms with van der Waals surface area (Å²) in [5.41, 5.74) is 5.22. The molecule has 0 spiro atoms. The standard InChI is InChI=1S/C7H10N2O2/c1-3-7(11)9-5(2)4-6(8)10/h3-4H,1H2,2H3,(H2,8,10)(H,9,11). The number of amides is 2. The Labute approximate surface area is 64.8 Å². The highest BCUT2D eigenvalue weighted by Gasteiger charge is 1.95. The van der Waals surface area contributed by atoms with Crippen LogP contribution >= 0.6 is 0 Å². The summed E-state index contributed by atoms with van der Waals surface area (Å²) in [5, 5.41) is 2.36. The van der Waals surface area contributed by atoms with E-state index in [4.69, 9.17) is 5.73 Å². The average Bonchev–Trinajstić information content (AvgIpc) is 1.85. The topological polar surface area (TPSA) is 72.2 Å². The van der Waals surface area contributed by atoms with Gasteiger partial charge in [0.25, 0.3) is 0 Å². The first-order valence-electron chi connectivity index (χ1n) is 2.97. The van der Waals surface area contributed by atoms with E-state index in [1.54, 1.807) is 6.92 Å². The highest BCUT2D eigenvalue weighted by atomic mass is 16.2. The number of allylic oxidation sites excluding steroid dienone is 1. The number of hydrogen-bond donors (Lipinski definition) is 2. The minimum Gasteiger partial charge on any atom is -0.366 e. The van der Waals surface area contributed by atoms with E-state index >= 15 is 0 Å². The van der Waals surface area contributed by atoms with E-state index < -0.39 is 5.91 Å². The van der Waals surface area contributed by atoms with Gasteiger partial charge < -0.3 is 11.1 Å². The average molecular weight is 154 g/mol. The van der Waals surface area contributed by atoms with Crippen LogP contribution in [0.3, 0.4) is 0 Å². The van der Waals surface area contributed by atoms with Gasteiger partial charge in [-0.3, -0.25) is 9.59 Å². The minimum absolute atomic E-state index is 0.361. The van der Waals surface area contributed by atoms with E-state index in [0.29, 0.717) is 5.70 Å². The minimum atomic E-state index is -0.591. The molecule has 0 aliphatic rings. The molecule has 3 N–H and O–H groups in total. The first-order chi connectivity index (χ1) is 5.06. The lowest BCUT2D eigenvalue weighted by Gasteiger charge is -1.98. The van der Waals surface area contributed by atoms with Crippen molar-refractivity contribution in [3.05, 3.63) is 24.4 Å². The molecule has 0 heterocycles. The van der Waals surface area contributed by atoms with Crippen molar-refractivity contribution in [1.82, 2.24) is 5.32 Å². The summed E-state index contributed by atoms with van der Waals surface area (Å²) in [6.07, 6.45) is 2.24. The molecule has 0 bridgehead atoms. The number of nitrogens with one attached hydrogen (secondary N) is 1. The van der Waals surface area contributed by atoms with Gasteiger partial charge in [0.15, 0.2) is 0 Å². The van der Waals surface area contributed by atoms with Crippen molar-refractivity contribution in [2.75, 3.05) is 0 Å². The SMILES string of the molecule is C=CC(=O)NC(C)=CC(N)=O. The Hall–Kier alpha value is -1.58. The Morgan fingerprint density at radius 2 is 2.09 bits per heavy atom. The Morgan fingerprint density at radius 3 is 2.45 bits per heavy atom. The molecular weight excluding hydrogens is 144 g/mol. The Bertz CT molecular complexity index is 218. The summed E-state index contributed by atoms with van der Waals surface area (Å²) < 4.78 is 0. The van der Waals surface area contributed by atoms with Crippen molar-refractivity contribution in [2.45, 2.75) is 6.92 Å². The fourth-order valence-electron chi connectivity index (χ4n) is 0.495. The number of carbonyl (C=O) groups excluding carboxylic acids is 2. The van der Waals surface area contributed by atoms with Crippen molar-refractivity contribution in [3.8, 4) is 0 Å². The third-order valence-corrected chi connectivity index (χ3v) is 0.865. The number of carbonyl (C=O) groups is 2. The lowest BCUT2D eigenvalue weighted by Crippen LogP contribution is -2.20. The fraction of sp³-hybridized carbons (Fsp3) is 0.143. The summed E-state index contributed by atoms with van der Waals surface area (Å²) in [4.78, 5) is 20.8. The predicted octanol–water partition coefficient (Wildman–Crippen LogP) is -0.322. The van der Waals surface area contributed by atoms with Crippen LogP contribution in [0.5, 0.6) is 0 Å². The lowest BCUT2D eigenvalue weighted by molar-refractivity contribution is -0.115. The monoisotopic (exact) mass is 154 g/mol. The van der Waals surface area contributed by atoms with Crippen molar-refractivity contribution >= 4 is 11.8 Å². The van der Waals surface area contributed by atoms with Gasteiger partial charge in [-0.2, -0.15) is 0 Å². The molecule has 0 aromatic heterocycles. The first kappa shape index (κ1) is 9.42. The first-order valence-corrected chi connectivity index (χ1v) is 2.97. The van der Waals surface area contributed by atoms with Crippen LogP contribution in [0.2, 0.25) is 0 Å². The molecule has 0 aromatic carbocycles. The quantitative estimate of drug-likeness (QED) is 0.547. The molecule has 0 radical (unpaired) electrons. The number of hydrogen-bond acceptors (Lipinski definition) is 2. The fourth-order valence-corrected chi connectivity index (χ4v) is 0.495. The van der Waals surface area contributed by atoms with Crippen LogP contribution in [0.4, 0.5) is 0 Å². The molecule has 2 amide bonds. The van der Waals surface area contributed by atoms with E-state index in [2.05, 4.69) is 11.9 Å². The molecular formula is C7H10N2O2. The summed E-state index contributed by atoms with van der Waals surface area (Å²) in [6.45, 7) is 4.80. The van der Waals surface area contributed by atoms with Crippen molar-refractivity contribution in [1.29, 1.82) is 0 Å². The normalized spacial score (nSPS) is 10.5. The Kier molecular flexibility index (Phi) is 3.66. The number of rotatable bonds is 3. The molecule has 0 rings (SSSR count). The van der Waals surface area contributed by atoms with Gasteiger partial charge in [-0.25, -0.2) is 0 Å². The van der Waals surface area contributed by atoms with Gasteiger partial charge in [-0.05, 0) is 13.0 Å². The molecule has 0 fully saturated rings. The Balaban J connectivity index is 4.06. The zero-order chi connectivity index (χ0) is 8.85. The van der Waals surface area contributed by atoms with E-state index in [-0.39, 0.29) is 5.91 Å². The highest BCUT2D eigenvalue weighted by molar-refractivity contribution is 5.91. The largest absolute Gasteiger partial charge is 0.366 e. The van der Waals surface area contributed by atoms with E-state index in [0.717, 1.165) is 12.2 Å². The molecule has 0 unspecified atom stereocenters. The van der Waals surface area contributed by atoms with Crippen LogP contribution in [0.15, 0.2) is 24.4 Å². The molecule has 0 aliphatic heterocycles. The summed E-state index contributed by atoms with van der Waals surface area (Å²) in [6, 6.07) is 0. The molecule has 0 saturated carbocycles. The molecule has 4 heteroatoms. The van der Waals surface area contributed by atoms with Crippen LogP contribution in [-0.2, 0) is 9.59 Å². The maximum absolute atomic E-state index is 10.6. The van der Waals surface area contributed by atoms with Gasteiger partial charge in [-0.1, -0.05) is 6.58 Å². The van der Waals surface area contributed by atoms with Crippen LogP contribution in [-0.4, -0.2) is 11.8 Å². The van der Waals surface area contributed by atoms with E-state index in [9.17, 15) is 9.59 Å². The van der Waals surface area contributed by atoms with Crippen LogP contribution in [0, 0.1) is 0 Å². The van der Waals surface area contributed by atoms with Crippen LogP contribution < -0.4 is 11.1 Å². The molecule has 11 heavy (non-hydrogen) atoms. The maximum atomic E-state index is 10.6. The third-order valence-electron chi connectivity index (χ3n) is 0.865. The van der Waals surface area contributed by atoms with Gasteiger partial charge in [0.05, 0.1) is 0 Å². The molecule has 0 saturated heterocycles. The second-order valence-corrected chi connectivity index (χ2v) is 1.92. The maximum Gasteiger partial charge on any atom is 0.247 e. The van der Waals surface area contributed by atoms with Crippen molar-refractivity contribution < 1.29 is 9.59 Å². The smallest absolute Gasteiger partial charge is 0.247 e. The van der Waals surface area contributed by atoms with E-state index in [1.807, 2.05) is 0 Å². The van der Waals surface area contributed by atoms with Gasteiger partial charge in [0.2, 0.25) is 11.8 Å². The summed E-state index contributed by atoms with van der Waals surface area (Å²) >= 11 is 0. The zero-order valence-corrected chi connectivity index (χ0v) is 6.26. The molecule has 0 aliphatic carbocycles. The van der Waals surface area contributed by atoms with Crippen molar-refractivity contribution in [2.24, 2.45) is 5.73 Å². The molecule has 60 valence electrons. The summed E-state index contributed by atoms with van der Waals surface area (Å²) in [7, 11) is 0. The lowest BCUT2D eigenvalue weighted by atomic mass is 10.4. The van der Waals surface area contributed by atoms with Crippen LogP contribution in [0.1, 0.15) is 6.92 Å². The highest BCUT2D eigenvalue weighted by Crippen LogP contribution is 1.84. The number of primary amides is 1. The second-order valence-electron chi connectivity index (χ2n) is 1.92. The van der Waals surface area contributed by atoms with E-state index in [1.165, 1.54) is 0 Å². The third kappa shape index (κ3) is 4.90. The molecule has 4 nitrogen and oxygen atoms in total. The summed E-state index contributed by atoms with van der Waals surface area (Å²) in [5.74, 6) is -0.952. The van der Waals surface area contributed by atoms with Gasteiger partial charge >= 0.3 is 0 Å². The van der Waals surface area contributed by atoms with Gasteiger partial charge in [0, 0.05) is 11.8 Å². The van der Waals surface area contributed by atoms with Gasteiger partial charge in [-0.15, -0.1) is 0 Å². The number of nitrogens with two attached hydrogens (primary N) is 1. The second kappa shape index (κ2) is 4.27. The molecule has 0 aromatic rings.